The molecule has 13 heteroatoms. The van der Waals surface area contributed by atoms with Gasteiger partial charge in [-0.1, -0.05) is 51.1 Å². The molecule has 0 N–H and O–H groups in total. The normalized spacial score (nSPS) is 22.0. The lowest BCUT2D eigenvalue weighted by Crippen LogP contribution is -2.49. The Hall–Kier alpha value is -2.31. The lowest BCUT2D eigenvalue weighted by Gasteiger charge is -2.40. The van der Waals surface area contributed by atoms with E-state index in [1.54, 1.807) is 25.6 Å². The number of nitrogens with zero attached hydrogens (tertiary/aromatic N) is 4. The quantitative estimate of drug-likeness (QED) is 0.150. The maximum absolute atomic E-state index is 13.0. The summed E-state index contributed by atoms with van der Waals surface area (Å²) < 4.78 is 44.5. The summed E-state index contributed by atoms with van der Waals surface area (Å²) in [5.41, 5.74) is 2.19. The molecule has 3 heterocycles. The fourth-order valence-corrected chi connectivity index (χ4v) is 7.10. The van der Waals surface area contributed by atoms with Crippen LogP contribution in [0.2, 0.25) is 18.1 Å². The molecule has 0 amide bonds. The van der Waals surface area contributed by atoms with Crippen molar-refractivity contribution in [1.29, 1.82) is 0 Å². The number of carbonyl (C=O) groups is 1. The van der Waals surface area contributed by atoms with Gasteiger partial charge in [-0.05, 0) is 24.6 Å². The largest absolute Gasteiger partial charge is 0.407 e. The Kier molecular flexibility index (Phi) is 9.64. The molecule has 2 aromatic heterocycles. The zero-order chi connectivity index (χ0) is 30.0. The van der Waals surface area contributed by atoms with E-state index < -0.39 is 40.5 Å². The Balaban J connectivity index is 1.70. The highest BCUT2D eigenvalue weighted by molar-refractivity contribution is 7.53. The minimum atomic E-state index is -3.26. The average Bonchev–Trinajstić information content (AvgIpc) is 3.52. The van der Waals surface area contributed by atoms with Crippen molar-refractivity contribution in [3.05, 3.63) is 54.2 Å². The predicted molar refractivity (Wildman–Crippen MR) is 158 cm³/mol. The summed E-state index contributed by atoms with van der Waals surface area (Å²) in [7, 11) is -1.19. The highest BCUT2D eigenvalue weighted by Gasteiger charge is 2.51. The van der Waals surface area contributed by atoms with Crippen molar-refractivity contribution in [3.63, 3.8) is 0 Å². The maximum Gasteiger partial charge on any atom is 0.330 e. The van der Waals surface area contributed by atoms with E-state index in [0.717, 1.165) is 0 Å². The molecule has 3 aromatic rings. The van der Waals surface area contributed by atoms with Crippen LogP contribution in [-0.4, -0.2) is 79.4 Å². The van der Waals surface area contributed by atoms with Gasteiger partial charge in [-0.15, -0.1) is 0 Å². The minimum Gasteiger partial charge on any atom is -0.407 e. The standard InChI is InChI=1S/C28H41N4O7PSi/c1-28(2,3)41(7,8)39-25-24(35-4)22(14-15-40(34,36-5)37-6)38-27(25)32-18-31-23-20(29-17-30-26(23)32)16-21(33)19-12-10-9-11-13-19/h9-13,17-18,22,24-25,27H,14-16H2,1-8H3/t22-,24-,25-,27-/m1/s1. The van der Waals surface area contributed by atoms with Crippen LogP contribution in [0.3, 0.4) is 0 Å². The molecule has 11 nitrogen and oxygen atoms in total. The molecule has 0 saturated carbocycles. The fourth-order valence-electron chi connectivity index (χ4n) is 4.73. The van der Waals surface area contributed by atoms with Gasteiger partial charge in [-0.3, -0.25) is 13.9 Å². The van der Waals surface area contributed by atoms with E-state index in [0.29, 0.717) is 28.8 Å². The lowest BCUT2D eigenvalue weighted by molar-refractivity contribution is -0.0333. The summed E-state index contributed by atoms with van der Waals surface area (Å²) in [5, 5.41) is -0.0696. The van der Waals surface area contributed by atoms with E-state index in [1.165, 1.54) is 20.5 Å². The van der Waals surface area contributed by atoms with E-state index in [9.17, 15) is 9.36 Å². The monoisotopic (exact) mass is 604 g/mol. The second-order valence-electron chi connectivity index (χ2n) is 11.7. The fraction of sp³-hybridized carbons (Fsp3) is 0.571. The first-order valence-electron chi connectivity index (χ1n) is 13.7. The molecule has 0 aliphatic carbocycles. The number of ether oxygens (including phenoxy) is 2. The second kappa shape index (κ2) is 12.5. The first kappa shape index (κ1) is 31.6. The molecule has 0 radical (unpaired) electrons. The molecule has 41 heavy (non-hydrogen) atoms. The summed E-state index contributed by atoms with van der Waals surface area (Å²) in [6.07, 6.45) is 1.62. The van der Waals surface area contributed by atoms with Gasteiger partial charge in [-0.25, -0.2) is 15.0 Å². The molecule has 0 unspecified atom stereocenters. The Bertz CT molecular complexity index is 1390. The number of benzene rings is 1. The van der Waals surface area contributed by atoms with Crippen LogP contribution < -0.4 is 0 Å². The molecule has 224 valence electrons. The topological polar surface area (TPSA) is 124 Å². The Morgan fingerprint density at radius 1 is 1.05 bits per heavy atom. The number of ketones is 1. The molecule has 0 spiro atoms. The van der Waals surface area contributed by atoms with E-state index in [4.69, 9.17) is 22.9 Å². The van der Waals surface area contributed by atoms with Gasteiger partial charge in [0, 0.05) is 26.9 Å². The van der Waals surface area contributed by atoms with Crippen LogP contribution in [0.15, 0.2) is 43.0 Å². The van der Waals surface area contributed by atoms with Gasteiger partial charge in [0.1, 0.15) is 24.1 Å². The lowest BCUT2D eigenvalue weighted by atomic mass is 10.1. The van der Waals surface area contributed by atoms with Crippen LogP contribution in [0, 0.1) is 0 Å². The molecule has 0 bridgehead atoms. The van der Waals surface area contributed by atoms with Crippen LogP contribution in [0.25, 0.3) is 11.2 Å². The molecule has 1 fully saturated rings. The molecular weight excluding hydrogens is 563 g/mol. The van der Waals surface area contributed by atoms with Gasteiger partial charge in [0.05, 0.1) is 30.7 Å². The van der Waals surface area contributed by atoms with Crippen LogP contribution in [0.5, 0.6) is 0 Å². The van der Waals surface area contributed by atoms with Gasteiger partial charge in [0.2, 0.25) is 0 Å². The number of Topliss-reactive ketones (excluding diaryl/α,β-unsaturated/α-hetero) is 1. The number of aromatic nitrogens is 4. The zero-order valence-corrected chi connectivity index (χ0v) is 27.0. The predicted octanol–water partition coefficient (Wildman–Crippen LogP) is 5.43. The molecule has 1 aliphatic heterocycles. The molecule has 4 atom stereocenters. The van der Waals surface area contributed by atoms with E-state index >= 15 is 0 Å². The third-order valence-electron chi connectivity index (χ3n) is 8.17. The Labute approximate surface area is 242 Å². The molecule has 1 aliphatic rings. The van der Waals surface area contributed by atoms with Crippen molar-refractivity contribution in [2.45, 2.75) is 76.3 Å². The van der Waals surface area contributed by atoms with Crippen molar-refractivity contribution < 1.29 is 32.3 Å². The Morgan fingerprint density at radius 3 is 2.34 bits per heavy atom. The first-order valence-corrected chi connectivity index (χ1v) is 18.3. The number of fused-ring (bicyclic) bond motifs is 1. The van der Waals surface area contributed by atoms with Gasteiger partial charge < -0.3 is 22.9 Å². The number of hydrogen-bond donors (Lipinski definition) is 0. The second-order valence-corrected chi connectivity index (χ2v) is 18.9. The number of imidazole rings is 1. The third kappa shape index (κ3) is 6.69. The number of hydrogen-bond acceptors (Lipinski definition) is 10. The maximum atomic E-state index is 13.0. The number of methoxy groups -OCH3 is 1. The Morgan fingerprint density at radius 2 is 1.73 bits per heavy atom. The van der Waals surface area contributed by atoms with Gasteiger partial charge >= 0.3 is 7.60 Å². The number of rotatable bonds is 12. The van der Waals surface area contributed by atoms with E-state index in [-0.39, 0.29) is 23.4 Å². The number of carbonyl (C=O) groups excluding carboxylic acids is 1. The van der Waals surface area contributed by atoms with Crippen molar-refractivity contribution in [2.24, 2.45) is 0 Å². The highest BCUT2D eigenvalue weighted by atomic mass is 31.2. The van der Waals surface area contributed by atoms with Crippen LogP contribution >= 0.6 is 7.60 Å². The van der Waals surface area contributed by atoms with E-state index in [1.807, 2.05) is 22.8 Å². The minimum absolute atomic E-state index is 0.0587. The van der Waals surface area contributed by atoms with Crippen molar-refractivity contribution in [1.82, 2.24) is 19.5 Å². The van der Waals surface area contributed by atoms with Gasteiger partial charge in [-0.2, -0.15) is 0 Å². The van der Waals surface area contributed by atoms with Crippen molar-refractivity contribution >= 4 is 32.9 Å². The highest BCUT2D eigenvalue weighted by Crippen LogP contribution is 2.49. The molecule has 1 saturated heterocycles. The van der Waals surface area contributed by atoms with Gasteiger partial charge in [0.15, 0.2) is 26.0 Å². The first-order chi connectivity index (χ1) is 19.3. The molecule has 4 rings (SSSR count). The SMILES string of the molecule is CO[C@H]1[C@@H](O[Si](C)(C)C(C)(C)C)[C@H](n2cnc3c(CC(=O)c4ccccc4)ncnc32)O[C@@H]1CCP(=O)(OC)OC. The van der Waals surface area contributed by atoms with Crippen molar-refractivity contribution in [3.8, 4) is 0 Å². The summed E-state index contributed by atoms with van der Waals surface area (Å²) in [6.45, 7) is 10.9. The molecular formula is C28H41N4O7PSi. The van der Waals surface area contributed by atoms with Crippen LogP contribution in [0.4, 0.5) is 0 Å². The van der Waals surface area contributed by atoms with Crippen molar-refractivity contribution in [2.75, 3.05) is 27.5 Å². The summed E-state index contributed by atoms with van der Waals surface area (Å²) in [6, 6.07) is 9.10. The van der Waals surface area contributed by atoms with Crippen LogP contribution in [0.1, 0.15) is 49.5 Å². The van der Waals surface area contributed by atoms with E-state index in [2.05, 4.69) is 48.8 Å². The third-order valence-corrected chi connectivity index (χ3v) is 14.6. The smallest absolute Gasteiger partial charge is 0.330 e. The van der Waals surface area contributed by atoms with Gasteiger partial charge in [0.25, 0.3) is 0 Å². The summed E-state index contributed by atoms with van der Waals surface area (Å²) in [4.78, 5) is 26.5. The zero-order valence-electron chi connectivity index (χ0n) is 25.1. The summed E-state index contributed by atoms with van der Waals surface area (Å²) >= 11 is 0. The molecule has 1 aromatic carbocycles. The summed E-state index contributed by atoms with van der Waals surface area (Å²) in [5.74, 6) is -0.0587. The average molecular weight is 605 g/mol. The van der Waals surface area contributed by atoms with Crippen LogP contribution in [-0.2, 0) is 33.9 Å².